The molecule has 1 N–H and O–H groups in total. The topological polar surface area (TPSA) is 22.9 Å². The summed E-state index contributed by atoms with van der Waals surface area (Å²) in [6.45, 7) is 10.1. The third kappa shape index (κ3) is 3.30. The van der Waals surface area contributed by atoms with Gasteiger partial charge >= 0.3 is 0 Å². The molecule has 0 amide bonds. The van der Waals surface area contributed by atoms with Crippen molar-refractivity contribution in [3.63, 3.8) is 0 Å². The largest absolute Gasteiger partial charge is 0.487 e. The van der Waals surface area contributed by atoms with Gasteiger partial charge in [-0.3, -0.25) is 0 Å². The van der Waals surface area contributed by atoms with Crippen LogP contribution < -0.4 is 9.64 Å². The fourth-order valence-corrected chi connectivity index (χ4v) is 4.66. The Morgan fingerprint density at radius 3 is 2.72 bits per heavy atom. The standard InChI is InChI=1S/C22H29NO2/c1-21(2)18-11-13-22(3,12-8-16-23-14-6-7-15-23)25-20(18)17-9-4-5-10-19(17)24-21/h4-5,9-10,18,20H,6-7,11,13-16H2,1-3H3/p+1/t18-,20+,22+/m1/s1. The van der Waals surface area contributed by atoms with Crippen LogP contribution in [0.2, 0.25) is 0 Å². The van der Waals surface area contributed by atoms with E-state index in [1.54, 1.807) is 4.90 Å². The van der Waals surface area contributed by atoms with Crippen LogP contribution in [0.1, 0.15) is 58.1 Å². The Labute approximate surface area is 151 Å². The zero-order valence-corrected chi connectivity index (χ0v) is 15.7. The summed E-state index contributed by atoms with van der Waals surface area (Å²) in [5, 5.41) is 0. The summed E-state index contributed by atoms with van der Waals surface area (Å²) in [5.41, 5.74) is 0.638. The van der Waals surface area contributed by atoms with Crippen molar-refractivity contribution in [1.82, 2.24) is 0 Å². The summed E-state index contributed by atoms with van der Waals surface area (Å²) >= 11 is 0. The van der Waals surface area contributed by atoms with E-state index < -0.39 is 0 Å². The second-order valence-electron chi connectivity index (χ2n) is 8.59. The molecule has 0 unspecified atom stereocenters. The van der Waals surface area contributed by atoms with Crippen LogP contribution in [0.15, 0.2) is 24.3 Å². The zero-order chi connectivity index (χ0) is 17.5. The molecule has 3 nitrogen and oxygen atoms in total. The van der Waals surface area contributed by atoms with Crippen molar-refractivity contribution in [3.05, 3.63) is 29.8 Å². The van der Waals surface area contributed by atoms with Crippen molar-refractivity contribution in [2.75, 3.05) is 19.6 Å². The van der Waals surface area contributed by atoms with Gasteiger partial charge in [-0.05, 0) is 45.6 Å². The fraction of sp³-hybridized carbons (Fsp3) is 0.636. The van der Waals surface area contributed by atoms with Gasteiger partial charge in [0.1, 0.15) is 23.5 Å². The van der Waals surface area contributed by atoms with Gasteiger partial charge in [0.25, 0.3) is 0 Å². The lowest BCUT2D eigenvalue weighted by atomic mass is 9.73. The van der Waals surface area contributed by atoms with E-state index in [9.17, 15) is 0 Å². The Morgan fingerprint density at radius 2 is 1.92 bits per heavy atom. The Bertz CT molecular complexity index is 695. The van der Waals surface area contributed by atoms with E-state index in [0.29, 0.717) is 5.92 Å². The molecule has 2 fully saturated rings. The SMILES string of the molecule is CC1(C)Oc2ccccc2[C@@H]2O[C@@](C)(C#CC[NH+]3CCCC3)CC[C@H]21. The fourth-order valence-electron chi connectivity index (χ4n) is 4.66. The molecule has 1 aromatic carbocycles. The average molecular weight is 340 g/mol. The highest BCUT2D eigenvalue weighted by molar-refractivity contribution is 5.39. The van der Waals surface area contributed by atoms with Gasteiger partial charge in [0.15, 0.2) is 0 Å². The van der Waals surface area contributed by atoms with Crippen molar-refractivity contribution >= 4 is 0 Å². The molecule has 3 heterocycles. The Balaban J connectivity index is 1.55. The quantitative estimate of drug-likeness (QED) is 0.795. The number of ether oxygens (including phenoxy) is 2. The first-order chi connectivity index (χ1) is 12.0. The molecule has 3 aliphatic rings. The van der Waals surface area contributed by atoms with Crippen LogP contribution in [0.5, 0.6) is 5.75 Å². The number of likely N-dealkylation sites (tertiary alicyclic amines) is 1. The zero-order valence-electron chi connectivity index (χ0n) is 15.7. The molecule has 3 atom stereocenters. The molecule has 2 saturated heterocycles. The number of hydrogen-bond acceptors (Lipinski definition) is 2. The molecule has 0 spiro atoms. The van der Waals surface area contributed by atoms with E-state index >= 15 is 0 Å². The van der Waals surface area contributed by atoms with Crippen molar-refractivity contribution in [3.8, 4) is 17.6 Å². The van der Waals surface area contributed by atoms with Gasteiger partial charge in [-0.25, -0.2) is 0 Å². The first-order valence-corrected chi connectivity index (χ1v) is 9.76. The number of quaternary nitrogens is 1. The summed E-state index contributed by atoms with van der Waals surface area (Å²) in [7, 11) is 0. The summed E-state index contributed by atoms with van der Waals surface area (Å²) in [5.74, 6) is 8.26. The monoisotopic (exact) mass is 340 g/mol. The van der Waals surface area contributed by atoms with Gasteiger partial charge in [-0.2, -0.15) is 0 Å². The molecule has 4 rings (SSSR count). The van der Waals surface area contributed by atoms with E-state index in [4.69, 9.17) is 9.47 Å². The highest BCUT2D eigenvalue weighted by Gasteiger charge is 2.49. The highest BCUT2D eigenvalue weighted by atomic mass is 16.5. The van der Waals surface area contributed by atoms with Crippen LogP contribution in [-0.4, -0.2) is 30.8 Å². The van der Waals surface area contributed by atoms with E-state index in [-0.39, 0.29) is 17.3 Å². The highest BCUT2D eigenvalue weighted by Crippen LogP contribution is 2.52. The molecule has 0 bridgehead atoms. The normalized spacial score (nSPS) is 33.6. The summed E-state index contributed by atoms with van der Waals surface area (Å²) in [6.07, 6.45) is 4.84. The van der Waals surface area contributed by atoms with Crippen LogP contribution in [0.4, 0.5) is 0 Å². The maximum Gasteiger partial charge on any atom is 0.139 e. The lowest BCUT2D eigenvalue weighted by Crippen LogP contribution is -3.09. The van der Waals surface area contributed by atoms with Crippen LogP contribution in [0, 0.1) is 17.8 Å². The molecule has 0 aromatic heterocycles. The summed E-state index contributed by atoms with van der Waals surface area (Å²) < 4.78 is 12.9. The molecule has 3 aliphatic heterocycles. The number of para-hydroxylation sites is 1. The van der Waals surface area contributed by atoms with Gasteiger partial charge < -0.3 is 14.4 Å². The molecule has 3 heteroatoms. The first kappa shape index (κ1) is 16.9. The molecular formula is C22H30NO2+. The maximum atomic E-state index is 6.64. The van der Waals surface area contributed by atoms with E-state index in [1.165, 1.54) is 31.5 Å². The van der Waals surface area contributed by atoms with Gasteiger partial charge in [-0.15, -0.1) is 0 Å². The predicted octanol–water partition coefficient (Wildman–Crippen LogP) is 2.77. The Kier molecular flexibility index (Phi) is 4.30. The summed E-state index contributed by atoms with van der Waals surface area (Å²) in [4.78, 5) is 1.63. The molecule has 134 valence electrons. The van der Waals surface area contributed by atoms with Crippen LogP contribution in [0.3, 0.4) is 0 Å². The van der Waals surface area contributed by atoms with Crippen molar-refractivity contribution in [2.24, 2.45) is 5.92 Å². The summed E-state index contributed by atoms with van der Waals surface area (Å²) in [6, 6.07) is 8.33. The van der Waals surface area contributed by atoms with Crippen molar-refractivity contribution in [1.29, 1.82) is 0 Å². The third-order valence-corrected chi connectivity index (χ3v) is 6.18. The molecular weight excluding hydrogens is 310 g/mol. The smallest absolute Gasteiger partial charge is 0.139 e. The lowest BCUT2D eigenvalue weighted by Gasteiger charge is -2.50. The molecule has 1 aromatic rings. The Morgan fingerprint density at radius 1 is 1.16 bits per heavy atom. The maximum absolute atomic E-state index is 6.64. The van der Waals surface area contributed by atoms with E-state index in [1.807, 2.05) is 6.07 Å². The number of fused-ring (bicyclic) bond motifs is 3. The minimum absolute atomic E-state index is 0.0760. The number of hydrogen-bond donors (Lipinski definition) is 1. The van der Waals surface area contributed by atoms with Crippen LogP contribution >= 0.6 is 0 Å². The van der Waals surface area contributed by atoms with Gasteiger partial charge in [-0.1, -0.05) is 24.1 Å². The van der Waals surface area contributed by atoms with Crippen LogP contribution in [-0.2, 0) is 4.74 Å². The number of benzene rings is 1. The van der Waals surface area contributed by atoms with Crippen LogP contribution in [0.25, 0.3) is 0 Å². The van der Waals surface area contributed by atoms with Gasteiger partial charge in [0.2, 0.25) is 0 Å². The second-order valence-corrected chi connectivity index (χ2v) is 8.59. The lowest BCUT2D eigenvalue weighted by molar-refractivity contribution is -0.879. The molecule has 0 saturated carbocycles. The minimum atomic E-state index is -0.346. The van der Waals surface area contributed by atoms with Gasteiger partial charge in [0, 0.05) is 24.3 Å². The second kappa shape index (κ2) is 6.34. The molecule has 0 radical (unpaired) electrons. The van der Waals surface area contributed by atoms with E-state index in [0.717, 1.165) is 25.1 Å². The predicted molar refractivity (Wildman–Crippen MR) is 98.7 cm³/mol. The Hall–Kier alpha value is -1.50. The number of nitrogens with one attached hydrogen (secondary N) is 1. The minimum Gasteiger partial charge on any atom is -0.487 e. The first-order valence-electron chi connectivity index (χ1n) is 9.76. The average Bonchev–Trinajstić information content (AvgIpc) is 3.07. The molecule has 0 aliphatic carbocycles. The molecule has 25 heavy (non-hydrogen) atoms. The number of rotatable bonds is 1. The van der Waals surface area contributed by atoms with E-state index in [2.05, 4.69) is 50.8 Å². The van der Waals surface area contributed by atoms with Crippen molar-refractivity contribution < 1.29 is 14.4 Å². The third-order valence-electron chi connectivity index (χ3n) is 6.18. The van der Waals surface area contributed by atoms with Gasteiger partial charge in [0.05, 0.1) is 19.2 Å². The van der Waals surface area contributed by atoms with Crippen molar-refractivity contribution in [2.45, 2.75) is 63.8 Å².